The summed E-state index contributed by atoms with van der Waals surface area (Å²) in [4.78, 5) is 12.3. The van der Waals surface area contributed by atoms with E-state index in [4.69, 9.17) is 32.4 Å². The van der Waals surface area contributed by atoms with Gasteiger partial charge < -0.3 is 18.8 Å². The lowest BCUT2D eigenvalue weighted by molar-refractivity contribution is -0.148. The van der Waals surface area contributed by atoms with Gasteiger partial charge in [-0.1, -0.05) is 109 Å². The molecule has 1 aliphatic carbocycles. The Hall–Kier alpha value is -4.32. The fourth-order valence-corrected chi connectivity index (χ4v) is 6.63. The Morgan fingerprint density at radius 2 is 1.49 bits per heavy atom. The van der Waals surface area contributed by atoms with Gasteiger partial charge in [0.25, 0.3) is 0 Å². The highest BCUT2D eigenvalue weighted by molar-refractivity contribution is 6.35. The maximum atomic E-state index is 7.74. The van der Waals surface area contributed by atoms with E-state index in [9.17, 15) is 0 Å². The van der Waals surface area contributed by atoms with Gasteiger partial charge in [-0.2, -0.15) is 0 Å². The van der Waals surface area contributed by atoms with Gasteiger partial charge in [0.05, 0.1) is 24.6 Å². The lowest BCUT2D eigenvalue weighted by Gasteiger charge is -2.36. The average molecular weight is 589 g/mol. The molecule has 0 radical (unpaired) electrons. The predicted molar refractivity (Wildman–Crippen MR) is 165 cm³/mol. The zero-order valence-corrected chi connectivity index (χ0v) is 24.5. The molecule has 214 valence electrons. The fraction of sp³-hybridized carbons (Fsp3) is 0.229. The van der Waals surface area contributed by atoms with Crippen molar-refractivity contribution in [2.75, 3.05) is 6.61 Å². The minimum Gasteiger partial charge on any atom is -0.356 e. The molecule has 7 nitrogen and oxygen atoms in total. The van der Waals surface area contributed by atoms with Crippen LogP contribution in [-0.2, 0) is 19.8 Å². The molecular formula is C35H29ClN4O3. The highest BCUT2D eigenvalue weighted by atomic mass is 35.5. The summed E-state index contributed by atoms with van der Waals surface area (Å²) in [6.45, 7) is 11.9. The van der Waals surface area contributed by atoms with Crippen molar-refractivity contribution in [1.82, 2.24) is 14.5 Å². The molecule has 8 heteroatoms. The molecule has 1 unspecified atom stereocenters. The second-order valence-electron chi connectivity index (χ2n) is 11.2. The topological polar surface area (TPSA) is 62.8 Å². The zero-order chi connectivity index (χ0) is 29.6. The number of hydrogen-bond acceptors (Lipinski definition) is 5. The summed E-state index contributed by atoms with van der Waals surface area (Å²) >= 11 is 6.42. The van der Waals surface area contributed by atoms with Crippen LogP contribution in [0.15, 0.2) is 115 Å². The van der Waals surface area contributed by atoms with E-state index in [0.717, 1.165) is 22.3 Å². The Kier molecular flexibility index (Phi) is 6.88. The molecular weight excluding hydrogens is 560 g/mol. The van der Waals surface area contributed by atoms with Crippen molar-refractivity contribution in [2.24, 2.45) is 0 Å². The van der Waals surface area contributed by atoms with Gasteiger partial charge in [0.15, 0.2) is 5.79 Å². The van der Waals surface area contributed by atoms with E-state index >= 15 is 0 Å². The molecule has 7 rings (SSSR count). The quantitative estimate of drug-likeness (QED) is 0.0846. The van der Waals surface area contributed by atoms with Crippen molar-refractivity contribution < 1.29 is 14.2 Å². The molecule has 2 aliphatic rings. The van der Waals surface area contributed by atoms with Crippen molar-refractivity contribution in [3.8, 4) is 0 Å². The highest BCUT2D eigenvalue weighted by Crippen LogP contribution is 2.47. The highest BCUT2D eigenvalue weighted by Gasteiger charge is 2.51. The van der Waals surface area contributed by atoms with Crippen LogP contribution >= 0.6 is 11.6 Å². The lowest BCUT2D eigenvalue weighted by atomic mass is 9.80. The van der Waals surface area contributed by atoms with Gasteiger partial charge >= 0.3 is 0 Å². The number of rotatable bonds is 7. The third kappa shape index (κ3) is 4.64. The van der Waals surface area contributed by atoms with E-state index < -0.39 is 11.4 Å². The molecule has 3 aromatic carbocycles. The van der Waals surface area contributed by atoms with Gasteiger partial charge in [0.2, 0.25) is 5.69 Å². The van der Waals surface area contributed by atoms with Crippen LogP contribution in [0.5, 0.6) is 0 Å². The number of hydrogen-bond donors (Lipinski definition) is 0. The Morgan fingerprint density at radius 3 is 2.05 bits per heavy atom. The summed E-state index contributed by atoms with van der Waals surface area (Å²) in [5.41, 5.74) is 4.11. The summed E-state index contributed by atoms with van der Waals surface area (Å²) in [7, 11) is 0. The van der Waals surface area contributed by atoms with Crippen LogP contribution in [0.2, 0.25) is 5.15 Å². The van der Waals surface area contributed by atoms with Crippen LogP contribution in [-0.4, -0.2) is 39.1 Å². The van der Waals surface area contributed by atoms with Gasteiger partial charge in [0, 0.05) is 6.20 Å². The molecule has 0 amide bonds. The molecule has 3 atom stereocenters. The largest absolute Gasteiger partial charge is 0.356 e. The van der Waals surface area contributed by atoms with Gasteiger partial charge in [-0.15, -0.1) is 0 Å². The summed E-state index contributed by atoms with van der Waals surface area (Å²) < 4.78 is 22.1. The molecule has 2 aromatic heterocycles. The minimum absolute atomic E-state index is 0.249. The fourth-order valence-electron chi connectivity index (χ4n) is 6.40. The van der Waals surface area contributed by atoms with Crippen molar-refractivity contribution in [1.29, 1.82) is 0 Å². The molecule has 5 aromatic rings. The monoisotopic (exact) mass is 588 g/mol. The first-order chi connectivity index (χ1) is 20.9. The average Bonchev–Trinajstić information content (AvgIpc) is 3.68. The van der Waals surface area contributed by atoms with Crippen LogP contribution < -0.4 is 0 Å². The zero-order valence-electron chi connectivity index (χ0n) is 23.7. The van der Waals surface area contributed by atoms with Crippen molar-refractivity contribution in [2.45, 2.75) is 43.5 Å². The number of benzene rings is 3. The molecule has 43 heavy (non-hydrogen) atoms. The van der Waals surface area contributed by atoms with E-state index in [1.807, 2.05) is 73.0 Å². The number of fused-ring (bicyclic) bond motifs is 2. The van der Waals surface area contributed by atoms with Crippen molar-refractivity contribution in [3.05, 3.63) is 148 Å². The molecule has 0 saturated carbocycles. The van der Waals surface area contributed by atoms with E-state index in [2.05, 4.69) is 57.3 Å². The maximum absolute atomic E-state index is 7.74. The van der Waals surface area contributed by atoms with E-state index in [1.54, 1.807) is 6.20 Å². The summed E-state index contributed by atoms with van der Waals surface area (Å²) in [6, 6.07) is 30.6. The smallest absolute Gasteiger partial charge is 0.216 e. The van der Waals surface area contributed by atoms with Gasteiger partial charge in [0.1, 0.15) is 34.9 Å². The van der Waals surface area contributed by atoms with Crippen LogP contribution in [0.25, 0.3) is 15.9 Å². The minimum atomic E-state index is -0.884. The first-order valence-electron chi connectivity index (χ1n) is 14.2. The van der Waals surface area contributed by atoms with Gasteiger partial charge in [-0.05, 0) is 36.1 Å². The SMILES string of the molecule is [C-]#[N+]c1cn([C@@H]2C=C(COC(c3ccccc3)(c3ccccc3)c3ccccc3)[C@@H]3OC(C)(C)OC23)c2ncnc(Cl)c12. The third-order valence-corrected chi connectivity index (χ3v) is 8.48. The number of nitrogens with zero attached hydrogens (tertiary/aromatic N) is 4. The Bertz CT molecular complexity index is 1750. The predicted octanol–water partition coefficient (Wildman–Crippen LogP) is 7.65. The third-order valence-electron chi connectivity index (χ3n) is 8.20. The van der Waals surface area contributed by atoms with Crippen molar-refractivity contribution in [3.63, 3.8) is 0 Å². The Morgan fingerprint density at radius 1 is 0.907 bits per heavy atom. The molecule has 3 heterocycles. The summed E-state index contributed by atoms with van der Waals surface area (Å²) in [5.74, 6) is -0.805. The van der Waals surface area contributed by atoms with Gasteiger partial charge in [-0.3, -0.25) is 0 Å². The summed E-state index contributed by atoms with van der Waals surface area (Å²) in [5, 5.41) is 0.780. The normalized spacial score (nSPS) is 21.0. The van der Waals surface area contributed by atoms with E-state index in [1.165, 1.54) is 6.33 Å². The lowest BCUT2D eigenvalue weighted by Crippen LogP contribution is -2.35. The molecule has 0 bridgehead atoms. The van der Waals surface area contributed by atoms with Crippen LogP contribution in [0.3, 0.4) is 0 Å². The van der Waals surface area contributed by atoms with Crippen LogP contribution in [0.4, 0.5) is 5.69 Å². The van der Waals surface area contributed by atoms with Crippen LogP contribution in [0, 0.1) is 6.57 Å². The molecule has 1 saturated heterocycles. The second kappa shape index (κ2) is 10.7. The molecule has 1 fully saturated rings. The van der Waals surface area contributed by atoms with Crippen molar-refractivity contribution >= 4 is 28.3 Å². The second-order valence-corrected chi connectivity index (χ2v) is 11.6. The standard InChI is InChI=1S/C35H29ClN4O3/c1-34(2)42-30-23(19-28(31(30)43-34)40-20-27(37-3)29-32(36)38-22-39-33(29)40)21-41-35(24-13-7-4-8-14-24,25-15-9-5-10-16-25)26-17-11-6-12-18-26/h4-20,22,28,30-31H,21H2,1-2H3/t28-,30+,31?/m1/s1. The van der Waals surface area contributed by atoms with Gasteiger partial charge in [-0.25, -0.2) is 14.8 Å². The number of halogens is 1. The molecule has 1 aliphatic heterocycles. The maximum Gasteiger partial charge on any atom is 0.216 e. The number of aromatic nitrogens is 3. The Labute approximate surface area is 255 Å². The van der Waals surface area contributed by atoms with E-state index in [0.29, 0.717) is 16.7 Å². The Balaban J connectivity index is 1.34. The first-order valence-corrected chi connectivity index (χ1v) is 14.5. The summed E-state index contributed by atoms with van der Waals surface area (Å²) in [6.07, 6.45) is 4.61. The number of ether oxygens (including phenoxy) is 3. The molecule has 0 spiro atoms. The first kappa shape index (κ1) is 27.5. The van der Waals surface area contributed by atoms with Crippen LogP contribution in [0.1, 0.15) is 36.6 Å². The van der Waals surface area contributed by atoms with E-state index in [-0.39, 0.29) is 30.0 Å². The molecule has 0 N–H and O–H groups in total.